The number of carboxylic acids is 1. The number of rotatable bonds is 4. The molecule has 2 N–H and O–H groups in total. The molecule has 0 bridgehead atoms. The number of carbonyl (C=O) groups excluding carboxylic acids is 1. The average molecular weight is 241 g/mol. The van der Waals surface area contributed by atoms with Crippen molar-refractivity contribution in [1.82, 2.24) is 5.32 Å². The SMILES string of the molecule is CC1(CNC(=O)C2CC2C(=O)O)CCOCC1. The maximum Gasteiger partial charge on any atom is 0.307 e. The first-order valence-electron chi connectivity index (χ1n) is 6.10. The Balaban J connectivity index is 1.75. The van der Waals surface area contributed by atoms with E-state index in [1.165, 1.54) is 0 Å². The lowest BCUT2D eigenvalue weighted by atomic mass is 9.82. The van der Waals surface area contributed by atoms with Crippen molar-refractivity contribution in [2.24, 2.45) is 17.3 Å². The Kier molecular flexibility index (Phi) is 3.38. The molecule has 96 valence electrons. The fourth-order valence-electron chi connectivity index (χ4n) is 2.23. The van der Waals surface area contributed by atoms with E-state index in [0.717, 1.165) is 26.1 Å². The van der Waals surface area contributed by atoms with Gasteiger partial charge < -0.3 is 15.2 Å². The van der Waals surface area contributed by atoms with Crippen LogP contribution in [0, 0.1) is 17.3 Å². The molecule has 1 amide bonds. The molecule has 1 aliphatic heterocycles. The predicted octanol–water partition coefficient (Wildman–Crippen LogP) is 0.640. The van der Waals surface area contributed by atoms with Crippen LogP contribution in [0.25, 0.3) is 0 Å². The van der Waals surface area contributed by atoms with Crippen molar-refractivity contribution < 1.29 is 19.4 Å². The third kappa shape index (κ3) is 2.97. The molecule has 2 atom stereocenters. The first-order valence-corrected chi connectivity index (χ1v) is 6.10. The lowest BCUT2D eigenvalue weighted by Gasteiger charge is -2.33. The highest BCUT2D eigenvalue weighted by Gasteiger charge is 2.48. The first-order chi connectivity index (χ1) is 8.02. The lowest BCUT2D eigenvalue weighted by molar-refractivity contribution is -0.140. The van der Waals surface area contributed by atoms with Crippen molar-refractivity contribution in [3.8, 4) is 0 Å². The van der Waals surface area contributed by atoms with Crippen LogP contribution in [-0.4, -0.2) is 36.7 Å². The summed E-state index contributed by atoms with van der Waals surface area (Å²) in [4.78, 5) is 22.3. The van der Waals surface area contributed by atoms with Gasteiger partial charge in [-0.05, 0) is 24.7 Å². The number of ether oxygens (including phenoxy) is 1. The van der Waals surface area contributed by atoms with Gasteiger partial charge in [0, 0.05) is 19.8 Å². The molecule has 1 saturated heterocycles. The molecule has 1 aliphatic carbocycles. The molecule has 2 rings (SSSR count). The van der Waals surface area contributed by atoms with E-state index in [2.05, 4.69) is 12.2 Å². The Bertz CT molecular complexity index is 322. The third-order valence-corrected chi connectivity index (χ3v) is 3.83. The summed E-state index contributed by atoms with van der Waals surface area (Å²) in [5.74, 6) is -1.74. The quantitative estimate of drug-likeness (QED) is 0.757. The lowest BCUT2D eigenvalue weighted by Crippen LogP contribution is -2.40. The van der Waals surface area contributed by atoms with Gasteiger partial charge in [0.2, 0.25) is 5.91 Å². The standard InChI is InChI=1S/C12H19NO4/c1-12(2-4-17-5-3-12)7-13-10(14)8-6-9(8)11(15)16/h8-9H,2-7H2,1H3,(H,13,14)(H,15,16). The Morgan fingerprint density at radius 1 is 1.35 bits per heavy atom. The molecule has 0 spiro atoms. The van der Waals surface area contributed by atoms with Gasteiger partial charge in [-0.25, -0.2) is 0 Å². The van der Waals surface area contributed by atoms with Crippen LogP contribution in [0.15, 0.2) is 0 Å². The van der Waals surface area contributed by atoms with Crippen molar-refractivity contribution in [1.29, 1.82) is 0 Å². The van der Waals surface area contributed by atoms with Crippen molar-refractivity contribution in [3.05, 3.63) is 0 Å². The van der Waals surface area contributed by atoms with Gasteiger partial charge in [0.15, 0.2) is 0 Å². The van der Waals surface area contributed by atoms with E-state index in [1.54, 1.807) is 0 Å². The monoisotopic (exact) mass is 241 g/mol. The highest BCUT2D eigenvalue weighted by molar-refractivity contribution is 5.89. The summed E-state index contributed by atoms with van der Waals surface area (Å²) in [6.45, 7) is 4.25. The summed E-state index contributed by atoms with van der Waals surface area (Å²) < 4.78 is 5.29. The molecule has 17 heavy (non-hydrogen) atoms. The average Bonchev–Trinajstić information content (AvgIpc) is 3.07. The fourth-order valence-corrected chi connectivity index (χ4v) is 2.23. The number of carboxylic acid groups (broad SMARTS) is 1. The van der Waals surface area contributed by atoms with E-state index in [4.69, 9.17) is 9.84 Å². The van der Waals surface area contributed by atoms with Crippen LogP contribution in [0.2, 0.25) is 0 Å². The summed E-state index contributed by atoms with van der Waals surface area (Å²) in [6.07, 6.45) is 2.38. The van der Waals surface area contributed by atoms with Gasteiger partial charge in [0.1, 0.15) is 0 Å². The number of hydrogen-bond donors (Lipinski definition) is 2. The topological polar surface area (TPSA) is 75.6 Å². The minimum atomic E-state index is -0.859. The fraction of sp³-hybridized carbons (Fsp3) is 0.833. The van der Waals surface area contributed by atoms with E-state index >= 15 is 0 Å². The maximum atomic E-state index is 11.7. The van der Waals surface area contributed by atoms with Crippen molar-refractivity contribution >= 4 is 11.9 Å². The van der Waals surface area contributed by atoms with E-state index in [1.807, 2.05) is 0 Å². The summed E-state index contributed by atoms with van der Waals surface area (Å²) in [5.41, 5.74) is 0.0987. The zero-order chi connectivity index (χ0) is 12.5. The minimum Gasteiger partial charge on any atom is -0.481 e. The van der Waals surface area contributed by atoms with Gasteiger partial charge in [0.05, 0.1) is 11.8 Å². The van der Waals surface area contributed by atoms with Gasteiger partial charge in [-0.2, -0.15) is 0 Å². The Morgan fingerprint density at radius 2 is 2.00 bits per heavy atom. The Labute approximate surface area is 101 Å². The van der Waals surface area contributed by atoms with Gasteiger partial charge in [0.25, 0.3) is 0 Å². The van der Waals surface area contributed by atoms with Gasteiger partial charge in [-0.1, -0.05) is 6.92 Å². The second-order valence-electron chi connectivity index (χ2n) is 5.43. The first kappa shape index (κ1) is 12.4. The summed E-state index contributed by atoms with van der Waals surface area (Å²) in [7, 11) is 0. The molecule has 0 aromatic rings. The second kappa shape index (κ2) is 4.64. The Morgan fingerprint density at radius 3 is 2.53 bits per heavy atom. The highest BCUT2D eigenvalue weighted by atomic mass is 16.5. The zero-order valence-corrected chi connectivity index (χ0v) is 10.1. The van der Waals surface area contributed by atoms with Crippen LogP contribution < -0.4 is 5.32 Å². The van der Waals surface area contributed by atoms with Crippen LogP contribution >= 0.6 is 0 Å². The minimum absolute atomic E-state index is 0.0987. The summed E-state index contributed by atoms with van der Waals surface area (Å²) >= 11 is 0. The van der Waals surface area contributed by atoms with Crippen LogP contribution in [-0.2, 0) is 14.3 Å². The van der Waals surface area contributed by atoms with Crippen LogP contribution in [0.5, 0.6) is 0 Å². The molecular weight excluding hydrogens is 222 g/mol. The van der Waals surface area contributed by atoms with E-state index in [0.29, 0.717) is 13.0 Å². The van der Waals surface area contributed by atoms with Crippen LogP contribution in [0.3, 0.4) is 0 Å². The highest BCUT2D eigenvalue weighted by Crippen LogP contribution is 2.39. The number of carbonyl (C=O) groups is 2. The van der Waals surface area contributed by atoms with E-state index in [9.17, 15) is 9.59 Å². The van der Waals surface area contributed by atoms with Crippen molar-refractivity contribution in [2.75, 3.05) is 19.8 Å². The van der Waals surface area contributed by atoms with Gasteiger partial charge in [-0.3, -0.25) is 9.59 Å². The molecule has 1 heterocycles. The summed E-state index contributed by atoms with van der Waals surface area (Å²) in [5, 5.41) is 11.6. The summed E-state index contributed by atoms with van der Waals surface area (Å²) in [6, 6.07) is 0. The molecule has 0 radical (unpaired) electrons. The molecule has 2 unspecified atom stereocenters. The normalized spacial score (nSPS) is 30.6. The van der Waals surface area contributed by atoms with Crippen molar-refractivity contribution in [3.63, 3.8) is 0 Å². The van der Waals surface area contributed by atoms with Crippen LogP contribution in [0.1, 0.15) is 26.2 Å². The molecular formula is C12H19NO4. The van der Waals surface area contributed by atoms with Crippen LogP contribution in [0.4, 0.5) is 0 Å². The smallest absolute Gasteiger partial charge is 0.307 e. The molecule has 0 aromatic carbocycles. The predicted molar refractivity (Wildman–Crippen MR) is 60.4 cm³/mol. The largest absolute Gasteiger partial charge is 0.481 e. The second-order valence-corrected chi connectivity index (χ2v) is 5.43. The number of hydrogen-bond acceptors (Lipinski definition) is 3. The van der Waals surface area contributed by atoms with E-state index < -0.39 is 11.9 Å². The molecule has 1 saturated carbocycles. The zero-order valence-electron chi connectivity index (χ0n) is 10.1. The maximum absolute atomic E-state index is 11.7. The molecule has 0 aromatic heterocycles. The Hall–Kier alpha value is -1.10. The third-order valence-electron chi connectivity index (χ3n) is 3.83. The van der Waals surface area contributed by atoms with Gasteiger partial charge >= 0.3 is 5.97 Å². The molecule has 2 fully saturated rings. The van der Waals surface area contributed by atoms with E-state index in [-0.39, 0.29) is 17.2 Å². The van der Waals surface area contributed by atoms with Crippen molar-refractivity contribution in [2.45, 2.75) is 26.2 Å². The van der Waals surface area contributed by atoms with Gasteiger partial charge in [-0.15, -0.1) is 0 Å². The number of amides is 1. The number of aliphatic carboxylic acids is 1. The molecule has 2 aliphatic rings. The molecule has 5 heteroatoms. The molecule has 5 nitrogen and oxygen atoms in total. The number of nitrogens with one attached hydrogen (secondary N) is 1.